The molecule has 22 heavy (non-hydrogen) atoms. The van der Waals surface area contributed by atoms with Crippen LogP contribution in [0.15, 0.2) is 24.3 Å². The molecule has 0 fully saturated rings. The van der Waals surface area contributed by atoms with Crippen LogP contribution in [0.5, 0.6) is 5.75 Å². The van der Waals surface area contributed by atoms with Gasteiger partial charge in [-0.15, -0.1) is 0 Å². The van der Waals surface area contributed by atoms with Gasteiger partial charge in [-0.3, -0.25) is 0 Å². The van der Waals surface area contributed by atoms with Crippen molar-refractivity contribution in [2.75, 3.05) is 6.54 Å². The first-order chi connectivity index (χ1) is 10.2. The van der Waals surface area contributed by atoms with E-state index in [1.165, 1.54) is 0 Å². The van der Waals surface area contributed by atoms with Crippen LogP contribution in [0.4, 0.5) is 4.79 Å². The molecule has 1 aromatic carbocycles. The van der Waals surface area contributed by atoms with Crippen LogP contribution < -0.4 is 10.6 Å². The van der Waals surface area contributed by atoms with Gasteiger partial charge < -0.3 is 20.5 Å². The molecule has 1 amide bonds. The minimum Gasteiger partial charge on any atom is -0.508 e. The lowest BCUT2D eigenvalue weighted by Gasteiger charge is -2.22. The van der Waals surface area contributed by atoms with E-state index in [1.807, 2.05) is 39.8 Å². The minimum absolute atomic E-state index is 0.0365. The zero-order valence-corrected chi connectivity index (χ0v) is 14.1. The van der Waals surface area contributed by atoms with Crippen molar-refractivity contribution in [3.05, 3.63) is 29.8 Å². The normalized spacial score (nSPS) is 14.2. The number of phenolic OH excluding ortho intramolecular Hbond substituents is 1. The number of aromatic hydroxyl groups is 1. The van der Waals surface area contributed by atoms with Gasteiger partial charge in [-0.2, -0.15) is 0 Å². The molecule has 0 aliphatic heterocycles. The third kappa shape index (κ3) is 7.31. The number of benzene rings is 1. The van der Waals surface area contributed by atoms with Crippen molar-refractivity contribution in [3.63, 3.8) is 0 Å². The van der Waals surface area contributed by atoms with Crippen molar-refractivity contribution in [1.82, 2.24) is 10.6 Å². The molecule has 0 aliphatic rings. The molecule has 0 spiro atoms. The fourth-order valence-corrected chi connectivity index (χ4v) is 1.98. The molecule has 0 saturated heterocycles. The second-order valence-corrected chi connectivity index (χ2v) is 6.60. The molecule has 0 bridgehead atoms. The Morgan fingerprint density at radius 2 is 1.82 bits per heavy atom. The van der Waals surface area contributed by atoms with Crippen LogP contribution in [-0.2, 0) is 4.74 Å². The number of ether oxygens (including phenoxy) is 1. The van der Waals surface area contributed by atoms with Gasteiger partial charge in [0.25, 0.3) is 0 Å². The number of hydrogen-bond acceptors (Lipinski definition) is 4. The molecule has 0 saturated carbocycles. The van der Waals surface area contributed by atoms with Gasteiger partial charge in [-0.05, 0) is 65.3 Å². The van der Waals surface area contributed by atoms with Crippen molar-refractivity contribution < 1.29 is 14.6 Å². The Bertz CT molecular complexity index is 466. The predicted molar refractivity (Wildman–Crippen MR) is 88.0 cm³/mol. The molecule has 5 nitrogen and oxygen atoms in total. The van der Waals surface area contributed by atoms with Crippen LogP contribution >= 0.6 is 0 Å². The molecule has 2 unspecified atom stereocenters. The molecular formula is C17H28N2O3. The van der Waals surface area contributed by atoms with Crippen molar-refractivity contribution >= 4 is 6.09 Å². The maximum Gasteiger partial charge on any atom is 0.407 e. The average Bonchev–Trinajstić information content (AvgIpc) is 2.36. The van der Waals surface area contributed by atoms with E-state index in [0.29, 0.717) is 0 Å². The van der Waals surface area contributed by atoms with E-state index in [0.717, 1.165) is 18.5 Å². The third-order valence-electron chi connectivity index (χ3n) is 3.18. The molecule has 1 aromatic rings. The smallest absolute Gasteiger partial charge is 0.407 e. The van der Waals surface area contributed by atoms with Crippen LogP contribution in [0.1, 0.15) is 52.6 Å². The van der Waals surface area contributed by atoms with E-state index < -0.39 is 5.60 Å². The highest BCUT2D eigenvalue weighted by Gasteiger charge is 2.17. The fraction of sp³-hybridized carbons (Fsp3) is 0.588. The Morgan fingerprint density at radius 3 is 2.36 bits per heavy atom. The van der Waals surface area contributed by atoms with Crippen molar-refractivity contribution in [2.24, 2.45) is 0 Å². The van der Waals surface area contributed by atoms with Crippen LogP contribution in [0.2, 0.25) is 0 Å². The standard InChI is InChI=1S/C17H28N2O3/c1-12(19-16(21)22-17(3,4)5)10-11-18-13(2)14-6-8-15(20)9-7-14/h6-9,12-13,18,20H,10-11H2,1-5H3,(H,19,21). The summed E-state index contributed by atoms with van der Waals surface area (Å²) >= 11 is 0. The van der Waals surface area contributed by atoms with Crippen molar-refractivity contribution in [2.45, 2.75) is 58.7 Å². The van der Waals surface area contributed by atoms with E-state index in [-0.39, 0.29) is 23.9 Å². The lowest BCUT2D eigenvalue weighted by Crippen LogP contribution is -2.39. The highest BCUT2D eigenvalue weighted by Crippen LogP contribution is 2.16. The first kappa shape index (κ1) is 18.3. The molecule has 1 rings (SSSR count). The van der Waals surface area contributed by atoms with Crippen LogP contribution in [-0.4, -0.2) is 29.4 Å². The Labute approximate surface area is 133 Å². The maximum atomic E-state index is 11.6. The summed E-state index contributed by atoms with van der Waals surface area (Å²) in [5.41, 5.74) is 0.640. The van der Waals surface area contributed by atoms with Crippen LogP contribution in [0.25, 0.3) is 0 Å². The number of carbonyl (C=O) groups is 1. The minimum atomic E-state index is -0.477. The largest absolute Gasteiger partial charge is 0.508 e. The summed E-state index contributed by atoms with van der Waals surface area (Å²) in [6, 6.07) is 7.38. The average molecular weight is 308 g/mol. The topological polar surface area (TPSA) is 70.6 Å². The molecular weight excluding hydrogens is 280 g/mol. The van der Waals surface area contributed by atoms with Gasteiger partial charge in [0.15, 0.2) is 0 Å². The van der Waals surface area contributed by atoms with E-state index in [9.17, 15) is 9.90 Å². The Hall–Kier alpha value is -1.75. The molecule has 5 heteroatoms. The highest BCUT2D eigenvalue weighted by molar-refractivity contribution is 5.67. The first-order valence-electron chi connectivity index (χ1n) is 7.69. The molecule has 0 radical (unpaired) electrons. The SMILES string of the molecule is CC(CCNC(C)c1ccc(O)cc1)NC(=O)OC(C)(C)C. The molecule has 0 aromatic heterocycles. The summed E-state index contributed by atoms with van der Waals surface area (Å²) in [6.07, 6.45) is 0.424. The van der Waals surface area contributed by atoms with Crippen molar-refractivity contribution in [3.8, 4) is 5.75 Å². The first-order valence-corrected chi connectivity index (χ1v) is 7.69. The van der Waals surface area contributed by atoms with E-state index >= 15 is 0 Å². The van der Waals surface area contributed by atoms with Gasteiger partial charge in [0.1, 0.15) is 11.4 Å². The monoisotopic (exact) mass is 308 g/mol. The molecule has 3 N–H and O–H groups in total. The summed E-state index contributed by atoms with van der Waals surface area (Å²) in [5, 5.41) is 15.5. The Balaban J connectivity index is 2.28. The number of hydrogen-bond donors (Lipinski definition) is 3. The second kappa shape index (κ2) is 8.03. The highest BCUT2D eigenvalue weighted by atomic mass is 16.6. The van der Waals surface area contributed by atoms with Crippen LogP contribution in [0, 0.1) is 0 Å². The summed E-state index contributed by atoms with van der Waals surface area (Å²) in [7, 11) is 0. The third-order valence-corrected chi connectivity index (χ3v) is 3.18. The van der Waals surface area contributed by atoms with E-state index in [1.54, 1.807) is 12.1 Å². The fourth-order valence-electron chi connectivity index (χ4n) is 1.98. The van der Waals surface area contributed by atoms with Gasteiger partial charge in [0.2, 0.25) is 0 Å². The van der Waals surface area contributed by atoms with Gasteiger partial charge in [-0.25, -0.2) is 4.79 Å². The zero-order chi connectivity index (χ0) is 16.8. The number of amides is 1. The lowest BCUT2D eigenvalue weighted by molar-refractivity contribution is 0.0506. The number of alkyl carbamates (subject to hydrolysis) is 1. The van der Waals surface area contributed by atoms with Gasteiger partial charge in [-0.1, -0.05) is 12.1 Å². The quantitative estimate of drug-likeness (QED) is 0.754. The second-order valence-electron chi connectivity index (χ2n) is 6.60. The summed E-state index contributed by atoms with van der Waals surface area (Å²) < 4.78 is 5.22. The molecule has 0 aliphatic carbocycles. The molecule has 2 atom stereocenters. The summed E-state index contributed by atoms with van der Waals surface area (Å²) in [6.45, 7) is 10.3. The summed E-state index contributed by atoms with van der Waals surface area (Å²) in [5.74, 6) is 0.270. The molecule has 0 heterocycles. The van der Waals surface area contributed by atoms with E-state index in [4.69, 9.17) is 4.74 Å². The van der Waals surface area contributed by atoms with Gasteiger partial charge in [0.05, 0.1) is 0 Å². The zero-order valence-electron chi connectivity index (χ0n) is 14.1. The number of carbonyl (C=O) groups excluding carboxylic acids is 1. The van der Waals surface area contributed by atoms with Gasteiger partial charge in [0, 0.05) is 12.1 Å². The molecule has 124 valence electrons. The number of phenols is 1. The van der Waals surface area contributed by atoms with Gasteiger partial charge >= 0.3 is 6.09 Å². The Morgan fingerprint density at radius 1 is 1.23 bits per heavy atom. The number of rotatable bonds is 6. The lowest BCUT2D eigenvalue weighted by atomic mass is 10.1. The Kier molecular flexibility index (Phi) is 6.68. The predicted octanol–water partition coefficient (Wildman–Crippen LogP) is 3.35. The maximum absolute atomic E-state index is 11.6. The summed E-state index contributed by atoms with van der Waals surface area (Å²) in [4.78, 5) is 11.6. The van der Waals surface area contributed by atoms with Crippen LogP contribution in [0.3, 0.4) is 0 Å². The van der Waals surface area contributed by atoms with Crippen molar-refractivity contribution in [1.29, 1.82) is 0 Å². The van der Waals surface area contributed by atoms with E-state index in [2.05, 4.69) is 17.6 Å². The number of nitrogens with one attached hydrogen (secondary N) is 2.